The Balaban J connectivity index is 2.27. The highest BCUT2D eigenvalue weighted by Crippen LogP contribution is 2.18. The van der Waals surface area contributed by atoms with Gasteiger partial charge in [0.05, 0.1) is 0 Å². The van der Waals surface area contributed by atoms with Crippen molar-refractivity contribution in [1.82, 2.24) is 10.2 Å². The van der Waals surface area contributed by atoms with Crippen LogP contribution >= 0.6 is 0 Å². The normalized spacial score (nSPS) is 24.1. The van der Waals surface area contributed by atoms with Crippen LogP contribution in [0.3, 0.4) is 0 Å². The van der Waals surface area contributed by atoms with Crippen molar-refractivity contribution in [2.24, 2.45) is 0 Å². The fourth-order valence-corrected chi connectivity index (χ4v) is 2.37. The van der Waals surface area contributed by atoms with Crippen molar-refractivity contribution in [1.29, 1.82) is 0 Å². The third-order valence-corrected chi connectivity index (χ3v) is 3.79. The van der Waals surface area contributed by atoms with Crippen molar-refractivity contribution < 1.29 is 4.79 Å². The molecular weight excluding hydrogens is 226 g/mol. The van der Waals surface area contributed by atoms with Gasteiger partial charge >= 0.3 is 0 Å². The quantitative estimate of drug-likeness (QED) is 0.738. The first-order chi connectivity index (χ1) is 8.50. The van der Waals surface area contributed by atoms with E-state index in [9.17, 15) is 4.79 Å². The van der Waals surface area contributed by atoms with Crippen LogP contribution in [0, 0.1) is 6.92 Å². The number of anilines is 1. The largest absolute Gasteiger partial charge is 0.399 e. The van der Waals surface area contributed by atoms with Crippen LogP contribution in [-0.4, -0.2) is 36.0 Å². The molecule has 1 aromatic carbocycles. The lowest BCUT2D eigenvalue weighted by Crippen LogP contribution is -2.57. The molecule has 1 heterocycles. The van der Waals surface area contributed by atoms with Gasteiger partial charge in [-0.1, -0.05) is 6.07 Å². The molecule has 0 aliphatic carbocycles. The van der Waals surface area contributed by atoms with E-state index < -0.39 is 0 Å². The van der Waals surface area contributed by atoms with Crippen LogP contribution in [-0.2, 0) is 0 Å². The molecule has 4 heteroatoms. The molecule has 1 amide bonds. The molecule has 98 valence electrons. The number of hydrogen-bond acceptors (Lipinski definition) is 3. The average Bonchev–Trinajstić information content (AvgIpc) is 2.35. The molecule has 0 bridgehead atoms. The first-order valence-electron chi connectivity index (χ1n) is 6.41. The topological polar surface area (TPSA) is 58.4 Å². The number of piperazine rings is 1. The number of hydrogen-bond donors (Lipinski definition) is 2. The highest BCUT2D eigenvalue weighted by atomic mass is 16.2. The standard InChI is InChI=1S/C14H21N3O/c1-9-4-5-12(15)8-13(9)14(18)17-7-6-16-10(2)11(17)3/h4-5,8,10-11,16H,6-7,15H2,1-3H3. The van der Waals surface area contributed by atoms with Crippen molar-refractivity contribution in [2.45, 2.75) is 32.9 Å². The molecule has 1 fully saturated rings. The summed E-state index contributed by atoms with van der Waals surface area (Å²) in [7, 11) is 0. The zero-order valence-corrected chi connectivity index (χ0v) is 11.2. The first-order valence-corrected chi connectivity index (χ1v) is 6.41. The number of nitrogens with one attached hydrogen (secondary N) is 1. The van der Waals surface area contributed by atoms with E-state index in [1.165, 1.54) is 0 Å². The summed E-state index contributed by atoms with van der Waals surface area (Å²) in [5, 5.41) is 3.38. The van der Waals surface area contributed by atoms with Crippen LogP contribution in [0.1, 0.15) is 29.8 Å². The van der Waals surface area contributed by atoms with Crippen LogP contribution in [0.2, 0.25) is 0 Å². The number of rotatable bonds is 1. The monoisotopic (exact) mass is 247 g/mol. The number of nitrogen functional groups attached to an aromatic ring is 1. The van der Waals surface area contributed by atoms with Gasteiger partial charge in [-0.25, -0.2) is 0 Å². The molecule has 1 aromatic rings. The van der Waals surface area contributed by atoms with Gasteiger partial charge in [-0.3, -0.25) is 4.79 Å². The van der Waals surface area contributed by atoms with Gasteiger partial charge in [0.15, 0.2) is 0 Å². The summed E-state index contributed by atoms with van der Waals surface area (Å²) < 4.78 is 0. The van der Waals surface area contributed by atoms with E-state index in [-0.39, 0.29) is 11.9 Å². The molecular formula is C14H21N3O. The molecule has 0 aromatic heterocycles. The Bertz CT molecular complexity index is 458. The lowest BCUT2D eigenvalue weighted by molar-refractivity contribution is 0.0602. The van der Waals surface area contributed by atoms with E-state index in [0.29, 0.717) is 11.7 Å². The minimum Gasteiger partial charge on any atom is -0.399 e. The van der Waals surface area contributed by atoms with Crippen LogP contribution in [0.25, 0.3) is 0 Å². The Hall–Kier alpha value is -1.55. The van der Waals surface area contributed by atoms with Gasteiger partial charge in [0, 0.05) is 36.4 Å². The highest BCUT2D eigenvalue weighted by Gasteiger charge is 2.29. The van der Waals surface area contributed by atoms with E-state index in [0.717, 1.165) is 24.2 Å². The summed E-state index contributed by atoms with van der Waals surface area (Å²) in [4.78, 5) is 14.5. The second kappa shape index (κ2) is 4.98. The molecule has 1 aliphatic heterocycles. The number of nitrogens with zero attached hydrogens (tertiary/aromatic N) is 1. The minimum atomic E-state index is 0.0839. The number of carbonyl (C=O) groups excluding carboxylic acids is 1. The van der Waals surface area contributed by atoms with Crippen LogP contribution in [0.4, 0.5) is 5.69 Å². The van der Waals surface area contributed by atoms with Crippen molar-refractivity contribution in [3.05, 3.63) is 29.3 Å². The van der Waals surface area contributed by atoms with Crippen molar-refractivity contribution in [2.75, 3.05) is 18.8 Å². The molecule has 2 rings (SSSR count). The van der Waals surface area contributed by atoms with Crippen LogP contribution in [0.15, 0.2) is 18.2 Å². The molecule has 3 N–H and O–H groups in total. The summed E-state index contributed by atoms with van der Waals surface area (Å²) in [5.74, 6) is 0.0839. The van der Waals surface area contributed by atoms with E-state index in [1.54, 1.807) is 6.07 Å². The molecule has 1 saturated heterocycles. The molecule has 0 saturated carbocycles. The Kier molecular flexibility index (Phi) is 3.57. The third kappa shape index (κ3) is 2.34. The fourth-order valence-electron chi connectivity index (χ4n) is 2.37. The highest BCUT2D eigenvalue weighted by molar-refractivity contribution is 5.96. The van der Waals surface area contributed by atoms with E-state index in [4.69, 9.17) is 5.73 Å². The van der Waals surface area contributed by atoms with Crippen molar-refractivity contribution >= 4 is 11.6 Å². The summed E-state index contributed by atoms with van der Waals surface area (Å²) in [6.45, 7) is 7.73. The maximum atomic E-state index is 12.6. The fraction of sp³-hybridized carbons (Fsp3) is 0.500. The number of amides is 1. The van der Waals surface area contributed by atoms with Gasteiger partial charge in [-0.15, -0.1) is 0 Å². The number of aryl methyl sites for hydroxylation is 1. The molecule has 2 atom stereocenters. The average molecular weight is 247 g/mol. The molecule has 18 heavy (non-hydrogen) atoms. The maximum Gasteiger partial charge on any atom is 0.254 e. The summed E-state index contributed by atoms with van der Waals surface area (Å²) in [6.07, 6.45) is 0. The minimum absolute atomic E-state index is 0.0839. The van der Waals surface area contributed by atoms with Crippen LogP contribution < -0.4 is 11.1 Å². The van der Waals surface area contributed by atoms with Gasteiger partial charge in [-0.05, 0) is 38.5 Å². The third-order valence-electron chi connectivity index (χ3n) is 3.79. The van der Waals surface area contributed by atoms with Gasteiger partial charge in [0.1, 0.15) is 0 Å². The molecule has 0 spiro atoms. The second-order valence-corrected chi connectivity index (χ2v) is 5.06. The van der Waals surface area contributed by atoms with Gasteiger partial charge in [0.25, 0.3) is 5.91 Å². The second-order valence-electron chi connectivity index (χ2n) is 5.06. The zero-order valence-electron chi connectivity index (χ0n) is 11.2. The molecule has 2 unspecified atom stereocenters. The first kappa shape index (κ1) is 12.9. The Labute approximate surface area is 108 Å². The Morgan fingerprint density at radius 1 is 1.44 bits per heavy atom. The summed E-state index contributed by atoms with van der Waals surface area (Å²) in [6, 6.07) is 6.03. The zero-order chi connectivity index (χ0) is 13.3. The van der Waals surface area contributed by atoms with E-state index in [2.05, 4.69) is 19.2 Å². The Morgan fingerprint density at radius 2 is 2.17 bits per heavy atom. The molecule has 1 aliphatic rings. The molecule has 0 radical (unpaired) electrons. The van der Waals surface area contributed by atoms with E-state index in [1.807, 2.05) is 24.0 Å². The number of benzene rings is 1. The lowest BCUT2D eigenvalue weighted by Gasteiger charge is -2.38. The van der Waals surface area contributed by atoms with Crippen molar-refractivity contribution in [3.63, 3.8) is 0 Å². The smallest absolute Gasteiger partial charge is 0.254 e. The predicted octanol–water partition coefficient (Wildman–Crippen LogP) is 1.40. The SMILES string of the molecule is Cc1ccc(N)cc1C(=O)N1CCNC(C)C1C. The van der Waals surface area contributed by atoms with E-state index >= 15 is 0 Å². The summed E-state index contributed by atoms with van der Waals surface area (Å²) in [5.41, 5.74) is 8.11. The predicted molar refractivity (Wildman–Crippen MR) is 73.6 cm³/mol. The number of nitrogens with two attached hydrogens (primary N) is 1. The molecule has 4 nitrogen and oxygen atoms in total. The maximum absolute atomic E-state index is 12.6. The van der Waals surface area contributed by atoms with Gasteiger partial charge in [-0.2, -0.15) is 0 Å². The van der Waals surface area contributed by atoms with Crippen LogP contribution in [0.5, 0.6) is 0 Å². The lowest BCUT2D eigenvalue weighted by atomic mass is 10.0. The number of carbonyl (C=O) groups is 1. The van der Waals surface area contributed by atoms with Crippen molar-refractivity contribution in [3.8, 4) is 0 Å². The summed E-state index contributed by atoms with van der Waals surface area (Å²) >= 11 is 0. The Morgan fingerprint density at radius 3 is 2.89 bits per heavy atom. The van der Waals surface area contributed by atoms with Gasteiger partial charge < -0.3 is 16.0 Å². The van der Waals surface area contributed by atoms with Gasteiger partial charge in [0.2, 0.25) is 0 Å².